The smallest absolute Gasteiger partial charge is 0.414 e. The molecule has 0 spiro atoms. The minimum absolute atomic E-state index is 0. The summed E-state index contributed by atoms with van der Waals surface area (Å²) in [6, 6.07) is 0. The quantitative estimate of drug-likeness (QED) is 0.340. The number of nitrogens with two attached hydrogens (primary N) is 1. The predicted octanol–water partition coefficient (Wildman–Crippen LogP) is -4.96. The van der Waals surface area contributed by atoms with E-state index in [0.29, 0.717) is 0 Å². The normalized spacial score (nSPS) is 36.4. The van der Waals surface area contributed by atoms with E-state index in [0.717, 1.165) is 0 Å². The van der Waals surface area contributed by atoms with Gasteiger partial charge in [-0.05, 0) is 6.92 Å². The summed E-state index contributed by atoms with van der Waals surface area (Å²) in [5, 5.41) is 19.2. The van der Waals surface area contributed by atoms with E-state index >= 15 is 0 Å². The van der Waals surface area contributed by atoms with Crippen molar-refractivity contribution in [2.24, 2.45) is 5.73 Å². The number of hydrogen-bond acceptors (Lipinski definition) is 9. The fourth-order valence-electron chi connectivity index (χ4n) is 1.51. The first-order valence-electron chi connectivity index (χ1n) is 5.07. The summed E-state index contributed by atoms with van der Waals surface area (Å²) in [5.74, 6) is 0. The third kappa shape index (κ3) is 5.00. The molecular weight excluding hydrogens is 277 g/mol. The van der Waals surface area contributed by atoms with Gasteiger partial charge in [0.25, 0.3) is 0 Å². The van der Waals surface area contributed by atoms with Crippen molar-refractivity contribution in [1.29, 1.82) is 0 Å². The first kappa shape index (κ1) is 18.7. The summed E-state index contributed by atoms with van der Waals surface area (Å²) in [5.41, 5.74) is 5.23. The summed E-state index contributed by atoms with van der Waals surface area (Å²) >= 11 is 0. The van der Waals surface area contributed by atoms with Crippen LogP contribution in [0, 0.1) is 0 Å². The minimum atomic E-state index is -2.85. The van der Waals surface area contributed by atoms with Crippen molar-refractivity contribution < 1.29 is 61.8 Å². The van der Waals surface area contributed by atoms with Gasteiger partial charge in [0.2, 0.25) is 0 Å². The second-order valence-corrected chi connectivity index (χ2v) is 4.22. The first-order valence-corrected chi connectivity index (χ1v) is 6.07. The maximum atomic E-state index is 10.5. The topological polar surface area (TPSA) is 128 Å². The van der Waals surface area contributed by atoms with Gasteiger partial charge in [-0.15, -0.1) is 0 Å². The van der Waals surface area contributed by atoms with Crippen LogP contribution in [0.2, 0.25) is 0 Å². The molecule has 0 aliphatic carbocycles. The summed E-state index contributed by atoms with van der Waals surface area (Å²) < 4.78 is 35.7. The van der Waals surface area contributed by atoms with Crippen LogP contribution in [0.25, 0.3) is 0 Å². The number of ether oxygens (including phenoxy) is 2. The van der Waals surface area contributed by atoms with Crippen molar-refractivity contribution in [1.82, 2.24) is 0 Å². The molecule has 4 N–H and O–H groups in total. The Morgan fingerprint density at radius 2 is 1.94 bits per heavy atom. The third-order valence-corrected chi connectivity index (χ3v) is 2.75. The van der Waals surface area contributed by atoms with Gasteiger partial charge in [-0.25, -0.2) is 0 Å². The van der Waals surface area contributed by atoms with Crippen LogP contribution in [0.4, 0.5) is 0 Å². The Balaban J connectivity index is 0.00000289. The largest absolute Gasteiger partial charge is 1.00 e. The molecule has 0 saturated carbocycles. The Morgan fingerprint density at radius 1 is 1.33 bits per heavy atom. The molecule has 18 heavy (non-hydrogen) atoms. The van der Waals surface area contributed by atoms with Crippen LogP contribution in [0.15, 0.2) is 0 Å². The van der Waals surface area contributed by atoms with Crippen LogP contribution in [-0.2, 0) is 33.1 Å². The zero-order chi connectivity index (χ0) is 13.0. The van der Waals surface area contributed by atoms with Crippen molar-refractivity contribution in [3.05, 3.63) is 0 Å². The monoisotopic (exact) mass is 293 g/mol. The van der Waals surface area contributed by atoms with Crippen LogP contribution in [0.1, 0.15) is 6.92 Å². The van der Waals surface area contributed by atoms with Crippen LogP contribution < -0.4 is 35.3 Å². The summed E-state index contributed by atoms with van der Waals surface area (Å²) in [6.07, 6.45) is -5.77. The van der Waals surface area contributed by atoms with Gasteiger partial charge >= 0.3 is 29.6 Å². The molecule has 10 heteroatoms. The zero-order valence-corrected chi connectivity index (χ0v) is 13.0. The molecular formula is C8H16NNaO7S. The Labute approximate surface area is 129 Å². The SMILES string of the molecule is C[C@@H]1O[C@@H](OCCN)[C@@H](O[S-](=O)=O)[C@H](O)[C@@H]1O.[Na+]. The molecule has 1 rings (SSSR count). The van der Waals surface area contributed by atoms with Crippen molar-refractivity contribution >= 4 is 11.0 Å². The van der Waals surface area contributed by atoms with Crippen LogP contribution in [-0.4, -0.2) is 54.1 Å². The maximum absolute atomic E-state index is 10.5. The molecule has 0 bridgehead atoms. The molecule has 0 radical (unpaired) electrons. The standard InChI is InChI=1S/C8H16NO7S.Na/c1-4-5(10)6(11)7(16-17(12)13)8(15-4)14-3-2-9;/h4-8,10-11H,2-3,9H2,1H3;/q-1;+1/t4-,5+,6+,7-,8+;/m0./s1. The molecule has 102 valence electrons. The van der Waals surface area contributed by atoms with Gasteiger partial charge in [0.15, 0.2) is 6.29 Å². The van der Waals surface area contributed by atoms with Gasteiger partial charge in [-0.1, -0.05) is 0 Å². The van der Waals surface area contributed by atoms with Gasteiger partial charge < -0.3 is 38.0 Å². The van der Waals surface area contributed by atoms with Crippen LogP contribution >= 0.6 is 0 Å². The van der Waals surface area contributed by atoms with E-state index in [1.807, 2.05) is 0 Å². The molecule has 5 atom stereocenters. The molecule has 0 amide bonds. The molecule has 0 aromatic carbocycles. The molecule has 0 unspecified atom stereocenters. The van der Waals surface area contributed by atoms with Crippen LogP contribution in [0.3, 0.4) is 0 Å². The molecule has 1 heterocycles. The van der Waals surface area contributed by atoms with Gasteiger partial charge in [-0.2, -0.15) is 0 Å². The maximum Gasteiger partial charge on any atom is 1.00 e. The Hall–Kier alpha value is 0.710. The number of aliphatic hydroxyl groups excluding tert-OH is 2. The van der Waals surface area contributed by atoms with E-state index in [1.54, 1.807) is 0 Å². The van der Waals surface area contributed by atoms with Crippen molar-refractivity contribution in [2.75, 3.05) is 13.2 Å². The van der Waals surface area contributed by atoms with E-state index in [9.17, 15) is 18.6 Å². The molecule has 8 nitrogen and oxygen atoms in total. The molecule has 0 aromatic rings. The van der Waals surface area contributed by atoms with Crippen molar-refractivity contribution in [2.45, 2.75) is 37.6 Å². The summed E-state index contributed by atoms with van der Waals surface area (Å²) in [7, 11) is -2.85. The first-order chi connectivity index (χ1) is 7.97. The van der Waals surface area contributed by atoms with Gasteiger partial charge in [-0.3, -0.25) is 0 Å². The Bertz CT molecular complexity index is 308. The van der Waals surface area contributed by atoms with E-state index in [4.69, 9.17) is 15.2 Å². The van der Waals surface area contributed by atoms with Gasteiger partial charge in [0, 0.05) is 6.54 Å². The van der Waals surface area contributed by atoms with E-state index in [2.05, 4.69) is 4.18 Å². The second kappa shape index (κ2) is 8.80. The summed E-state index contributed by atoms with van der Waals surface area (Å²) in [4.78, 5) is 0. The van der Waals surface area contributed by atoms with Gasteiger partial charge in [0.05, 0.1) is 23.7 Å². The summed E-state index contributed by atoms with van der Waals surface area (Å²) in [6.45, 7) is 1.85. The molecule has 1 saturated heterocycles. The molecule has 0 aromatic heterocycles. The predicted molar refractivity (Wildman–Crippen MR) is 55.0 cm³/mol. The average Bonchev–Trinajstić information content (AvgIpc) is 2.27. The van der Waals surface area contributed by atoms with Crippen molar-refractivity contribution in [3.63, 3.8) is 0 Å². The molecule has 1 aliphatic rings. The van der Waals surface area contributed by atoms with E-state index in [-0.39, 0.29) is 42.7 Å². The number of rotatable bonds is 5. The molecule has 1 aliphatic heterocycles. The Morgan fingerprint density at radius 3 is 2.44 bits per heavy atom. The second-order valence-electron chi connectivity index (χ2n) is 3.62. The number of hydrogen-bond donors (Lipinski definition) is 3. The van der Waals surface area contributed by atoms with Crippen LogP contribution in [0.5, 0.6) is 0 Å². The van der Waals surface area contributed by atoms with E-state index < -0.39 is 41.7 Å². The van der Waals surface area contributed by atoms with E-state index in [1.165, 1.54) is 6.92 Å². The minimum Gasteiger partial charge on any atom is -0.414 e. The fraction of sp³-hybridized carbons (Fsp3) is 1.00. The van der Waals surface area contributed by atoms with Gasteiger partial charge in [0.1, 0.15) is 18.3 Å². The zero-order valence-electron chi connectivity index (χ0n) is 10.2. The van der Waals surface area contributed by atoms with Crippen molar-refractivity contribution in [3.8, 4) is 0 Å². The number of aliphatic hydroxyl groups is 2. The fourth-order valence-corrected chi connectivity index (χ4v) is 1.90. The molecule has 1 fully saturated rings. The third-order valence-electron chi connectivity index (χ3n) is 2.37. The Kier molecular flexibility index (Phi) is 9.14. The average molecular weight is 293 g/mol.